The number of hydrogen-bond donors (Lipinski definition) is 20. The zero-order valence-electron chi connectivity index (χ0n) is 63.3. The summed E-state index contributed by atoms with van der Waals surface area (Å²) in [5.74, 6) is -13.6. The Morgan fingerprint density at radius 3 is 1.80 bits per heavy atom. The van der Waals surface area contributed by atoms with Crippen molar-refractivity contribution in [3.05, 3.63) is 11.8 Å². The molecule has 0 aromatic rings. The molecule has 41 heteroatoms. The van der Waals surface area contributed by atoms with Crippen molar-refractivity contribution in [3.63, 3.8) is 0 Å². The number of aliphatic carboxylic acids is 1. The minimum absolute atomic E-state index is 0.0614. The maximum absolute atomic E-state index is 14.4. The van der Waals surface area contributed by atoms with E-state index in [0.29, 0.717) is 38.2 Å². The minimum atomic E-state index is -2.03. The molecule has 0 saturated carbocycles. The summed E-state index contributed by atoms with van der Waals surface area (Å²) in [6.45, 7) is 12.8. The van der Waals surface area contributed by atoms with Gasteiger partial charge in [0.05, 0.1) is 76.9 Å². The molecule has 0 aliphatic carbocycles. The molecule has 3 aliphatic rings. The van der Waals surface area contributed by atoms with Crippen LogP contribution >= 0.6 is 0 Å². The van der Waals surface area contributed by atoms with Gasteiger partial charge in [0.25, 0.3) is 0 Å². The molecular formula is C68H115N13O28. The summed E-state index contributed by atoms with van der Waals surface area (Å²) in [6.07, 6.45) is -16.0. The second kappa shape index (κ2) is 48.7. The zero-order valence-corrected chi connectivity index (χ0v) is 63.3. The van der Waals surface area contributed by atoms with Crippen LogP contribution in [-0.2, 0) is 90.8 Å². The summed E-state index contributed by atoms with van der Waals surface area (Å²) >= 11 is 0. The summed E-state index contributed by atoms with van der Waals surface area (Å²) in [5.41, 5.74) is 7.04. The molecule has 0 bridgehead atoms. The number of amides is 11. The molecule has 41 nitrogen and oxygen atoms in total. The number of unbranched alkanes of at least 4 members (excludes halogenated alkanes) is 1. The molecule has 0 spiro atoms. The Morgan fingerprint density at radius 2 is 1.20 bits per heavy atom. The summed E-state index contributed by atoms with van der Waals surface area (Å²) in [6, 6.07) is -16.2. The van der Waals surface area contributed by atoms with Gasteiger partial charge in [0.15, 0.2) is 18.4 Å². The quantitative estimate of drug-likeness (QED) is 0.0199. The number of hydrogen-bond acceptors (Lipinski definition) is 29. The Hall–Kier alpha value is -7.88. The fourth-order valence-corrected chi connectivity index (χ4v) is 11.5. The number of carboxylic acid groups (broad SMARTS) is 1. The van der Waals surface area contributed by atoms with E-state index in [0.717, 1.165) is 18.2 Å². The van der Waals surface area contributed by atoms with Crippen LogP contribution in [0.2, 0.25) is 0 Å². The first-order valence-electron chi connectivity index (χ1n) is 36.4. The van der Waals surface area contributed by atoms with Crippen LogP contribution in [-0.4, -0.2) is 328 Å². The number of carbonyl (C=O) groups excluding carboxylic acids is 12. The molecule has 620 valence electrons. The monoisotopic (exact) mass is 1560 g/mol. The van der Waals surface area contributed by atoms with Gasteiger partial charge < -0.3 is 138 Å². The van der Waals surface area contributed by atoms with Crippen LogP contribution < -0.4 is 58.9 Å². The van der Waals surface area contributed by atoms with Crippen LogP contribution in [0.1, 0.15) is 133 Å². The molecule has 3 heterocycles. The third-order valence-corrected chi connectivity index (χ3v) is 17.7. The van der Waals surface area contributed by atoms with Gasteiger partial charge in [-0.1, -0.05) is 46.1 Å². The molecule has 0 radical (unpaired) electrons. The predicted octanol–water partition coefficient (Wildman–Crippen LogP) is -8.01. The number of nitrogens with two attached hydrogens (primary N) is 1. The largest absolute Gasteiger partial charge is 0.481 e. The van der Waals surface area contributed by atoms with Crippen LogP contribution in [0.25, 0.3) is 0 Å². The van der Waals surface area contributed by atoms with Crippen LogP contribution in [0.5, 0.6) is 0 Å². The normalized spacial score (nSPS) is 24.3. The highest BCUT2D eigenvalue weighted by atomic mass is 16.7. The number of nitrogens with one attached hydrogen (secondary N) is 10. The van der Waals surface area contributed by atoms with E-state index in [2.05, 4.69) is 58.2 Å². The lowest BCUT2D eigenvalue weighted by atomic mass is 9.96. The van der Waals surface area contributed by atoms with Gasteiger partial charge >= 0.3 is 5.97 Å². The standard InChI is InChI=1S/C68H115N13O28/c1-11-14-16-39(36(8)85)75-65(102)53(38(10)106-67-50(69)58(55(93)45(32-84)107-67)109-68-57(95)56(94)54(92)44(31-83)108-68)80-60(97)41(27-49(90)91)76-62(99)43-17-15-21-81(43)66(103)35(7)73-61(98)42(30-82)77-64(101)52(37(9)86)79-63(100)51(33(4)5)78-48(89)29-72-59(96)40(26-34(6)28-70-13-3)74-47(88)19-18-46(87)71-20-23-105-25-24-104-22-12-2/h13,28,33,35,37-45,50-58,67-68,82-84,86,92-95H,11-12,14-27,29-32,69H2,1-10H3,(H,71,87)(H,72,96)(H,73,98)(H,74,88)(H,75,102)(H,76,99)(H,77,101)(H,78,89)(H,79,100)(H,80,97)(H,90,91)/b34-28+,70-13-/t35-,37?,38?,39-,40-,41-,42-,43?,44?,45?,50?,51?,52-,53-,54-,55-,56?,57-,58+,67-,68-/m0/s1. The van der Waals surface area contributed by atoms with Gasteiger partial charge in [-0.15, -0.1) is 0 Å². The highest BCUT2D eigenvalue weighted by Gasteiger charge is 2.52. The molecule has 3 aliphatic heterocycles. The van der Waals surface area contributed by atoms with E-state index in [1.165, 1.54) is 47.0 Å². The number of aliphatic imine (C=N–C) groups is 1. The first-order chi connectivity index (χ1) is 51.5. The van der Waals surface area contributed by atoms with E-state index < -0.39 is 243 Å². The molecule has 11 amide bonds. The van der Waals surface area contributed by atoms with Crippen LogP contribution in [0.4, 0.5) is 0 Å². The Morgan fingerprint density at radius 1 is 0.615 bits per heavy atom. The average Bonchev–Trinajstić information content (AvgIpc) is 1.48. The molecule has 0 aromatic carbocycles. The molecule has 109 heavy (non-hydrogen) atoms. The number of ether oxygens (including phenoxy) is 6. The van der Waals surface area contributed by atoms with Crippen LogP contribution in [0.3, 0.4) is 0 Å². The number of rotatable bonds is 48. The molecule has 21 N–H and O–H groups in total. The number of ketones is 1. The van der Waals surface area contributed by atoms with Crippen molar-refractivity contribution in [2.24, 2.45) is 16.6 Å². The fraction of sp³-hybridized carbons (Fsp3) is 0.765. The van der Waals surface area contributed by atoms with Crippen LogP contribution in [0.15, 0.2) is 16.8 Å². The van der Waals surface area contributed by atoms with Crippen molar-refractivity contribution in [2.75, 3.05) is 65.9 Å². The van der Waals surface area contributed by atoms with Crippen molar-refractivity contribution in [1.82, 2.24) is 58.1 Å². The second-order valence-corrected chi connectivity index (χ2v) is 27.1. The van der Waals surface area contributed by atoms with E-state index in [1.54, 1.807) is 13.8 Å². The van der Waals surface area contributed by atoms with Gasteiger partial charge in [-0.05, 0) is 79.6 Å². The van der Waals surface area contributed by atoms with Crippen molar-refractivity contribution >= 4 is 82.9 Å². The third kappa shape index (κ3) is 31.1. The summed E-state index contributed by atoms with van der Waals surface area (Å²) in [4.78, 5) is 181. The number of carboxylic acids is 1. The Kier molecular flexibility index (Phi) is 42.6. The second-order valence-electron chi connectivity index (χ2n) is 27.1. The molecule has 0 aromatic heterocycles. The molecule has 8 unspecified atom stereocenters. The SMILES string of the molecule is C/C=N\C=C(/C)C[C@H](NC(=O)CCC(=O)NCCOCCOCCC)C(=O)NCC(=O)NC(C(=O)N[C@H](C(=O)N[C@@H](CO)C(=O)N[C@@H](C)C(=O)N1CCCC1C(=O)N[C@@H](CC(=O)O)C(=O)N[C@H](C(=O)N[C@@H](CCCC)C(C)=O)C(C)O[C@H]1OC(CO)[C@H](O)[C@H](O[C@@H]2OC(CO)[C@H](O)C(O)[C@@H]2O)C1N)C(C)O)C(C)C. The first kappa shape index (κ1) is 95.3. The topological polar surface area (TPSA) is 621 Å². The van der Waals surface area contributed by atoms with E-state index in [4.69, 9.17) is 34.2 Å². The number of Topliss-reactive ketones (excluding diaryl/α,β-unsaturated/α-hetero) is 1. The van der Waals surface area contributed by atoms with Gasteiger partial charge in [-0.2, -0.15) is 0 Å². The lowest BCUT2D eigenvalue weighted by molar-refractivity contribution is -0.345. The zero-order chi connectivity index (χ0) is 81.9. The van der Waals surface area contributed by atoms with Crippen molar-refractivity contribution < 1.29 is 137 Å². The van der Waals surface area contributed by atoms with E-state index >= 15 is 0 Å². The van der Waals surface area contributed by atoms with Gasteiger partial charge in [0.2, 0.25) is 65.0 Å². The first-order valence-corrected chi connectivity index (χ1v) is 36.4. The lowest BCUT2D eigenvalue weighted by Crippen LogP contribution is -2.67. The van der Waals surface area contributed by atoms with Gasteiger partial charge in [0, 0.05) is 45.0 Å². The smallest absolute Gasteiger partial charge is 0.305 e. The Bertz CT molecular complexity index is 3060. The third-order valence-electron chi connectivity index (χ3n) is 17.7. The Balaban J connectivity index is 1.74. The maximum atomic E-state index is 14.4. The van der Waals surface area contributed by atoms with Crippen molar-refractivity contribution in [2.45, 2.75) is 261 Å². The van der Waals surface area contributed by atoms with E-state index in [1.807, 2.05) is 13.8 Å². The lowest BCUT2D eigenvalue weighted by Gasteiger charge is -2.47. The number of carbonyl (C=O) groups is 13. The van der Waals surface area contributed by atoms with Crippen molar-refractivity contribution in [1.29, 1.82) is 0 Å². The van der Waals surface area contributed by atoms with Crippen LogP contribution in [0, 0.1) is 5.92 Å². The fourth-order valence-electron chi connectivity index (χ4n) is 11.5. The summed E-state index contributed by atoms with van der Waals surface area (Å²) in [5, 5.41) is 118. The summed E-state index contributed by atoms with van der Waals surface area (Å²) < 4.78 is 33.7. The van der Waals surface area contributed by atoms with Gasteiger partial charge in [-0.25, -0.2) is 0 Å². The van der Waals surface area contributed by atoms with Gasteiger partial charge in [0.1, 0.15) is 91.1 Å². The molecule has 3 saturated heterocycles. The number of aliphatic hydroxyl groups is 8. The molecule has 21 atom stereocenters. The predicted molar refractivity (Wildman–Crippen MR) is 381 cm³/mol. The van der Waals surface area contributed by atoms with E-state index in [9.17, 15) is 108 Å². The average molecular weight is 1560 g/mol. The molecule has 3 fully saturated rings. The highest BCUT2D eigenvalue weighted by molar-refractivity contribution is 5.99. The van der Waals surface area contributed by atoms with Crippen molar-refractivity contribution in [3.8, 4) is 0 Å². The molecule has 3 rings (SSSR count). The summed E-state index contributed by atoms with van der Waals surface area (Å²) in [7, 11) is 0. The Labute approximate surface area is 631 Å². The number of likely N-dealkylation sites (tertiary alicyclic amines) is 1. The van der Waals surface area contributed by atoms with E-state index in [-0.39, 0.29) is 58.2 Å². The minimum Gasteiger partial charge on any atom is -0.481 e. The number of nitrogens with zero attached hydrogens (tertiary/aromatic N) is 2. The molecular weight excluding hydrogens is 1450 g/mol. The number of aliphatic hydroxyl groups excluding tert-OH is 8. The van der Waals surface area contributed by atoms with Gasteiger partial charge in [-0.3, -0.25) is 67.3 Å². The maximum Gasteiger partial charge on any atom is 0.305 e. The highest BCUT2D eigenvalue weighted by Crippen LogP contribution is 2.30.